The third-order valence-corrected chi connectivity index (χ3v) is 3.95. The van der Waals surface area contributed by atoms with Crippen LogP contribution in [0.2, 0.25) is 0 Å². The van der Waals surface area contributed by atoms with Crippen molar-refractivity contribution in [2.75, 3.05) is 0 Å². The molecular formula is C15H23NO3. The second-order valence-electron chi connectivity index (χ2n) is 5.58. The van der Waals surface area contributed by atoms with E-state index in [-0.39, 0.29) is 5.92 Å². The first kappa shape index (κ1) is 14.1. The summed E-state index contributed by atoms with van der Waals surface area (Å²) in [6.07, 6.45) is 7.34. The molecule has 3 atom stereocenters. The molecular weight excluding hydrogens is 242 g/mol. The number of carbonyl (C=O) groups is 1. The first-order valence-corrected chi connectivity index (χ1v) is 7.16. The van der Waals surface area contributed by atoms with Crippen LogP contribution in [0.4, 0.5) is 0 Å². The number of carboxylic acid groups (broad SMARTS) is 1. The van der Waals surface area contributed by atoms with Crippen LogP contribution in [0.3, 0.4) is 0 Å². The molecule has 0 radical (unpaired) electrons. The zero-order valence-electron chi connectivity index (χ0n) is 11.5. The number of furan rings is 1. The van der Waals surface area contributed by atoms with Crippen LogP contribution in [-0.2, 0) is 11.2 Å². The van der Waals surface area contributed by atoms with Crippen molar-refractivity contribution in [3.05, 3.63) is 24.2 Å². The number of carboxylic acids is 1. The lowest BCUT2D eigenvalue weighted by Crippen LogP contribution is -2.41. The van der Waals surface area contributed by atoms with Crippen LogP contribution in [-0.4, -0.2) is 23.2 Å². The molecule has 2 N–H and O–H groups in total. The fourth-order valence-corrected chi connectivity index (χ4v) is 2.86. The molecule has 1 aromatic rings. The Morgan fingerprint density at radius 2 is 2.42 bits per heavy atom. The summed E-state index contributed by atoms with van der Waals surface area (Å²) in [5, 5.41) is 12.6. The summed E-state index contributed by atoms with van der Waals surface area (Å²) in [6, 6.07) is 4.64. The predicted octanol–water partition coefficient (Wildman–Crippen LogP) is 2.83. The Kier molecular flexibility index (Phi) is 5.02. The molecule has 1 aliphatic rings. The third-order valence-electron chi connectivity index (χ3n) is 3.95. The van der Waals surface area contributed by atoms with Crippen LogP contribution < -0.4 is 5.32 Å². The summed E-state index contributed by atoms with van der Waals surface area (Å²) in [5.41, 5.74) is 0. The Morgan fingerprint density at radius 1 is 1.58 bits per heavy atom. The van der Waals surface area contributed by atoms with Crippen molar-refractivity contribution < 1.29 is 14.3 Å². The van der Waals surface area contributed by atoms with Gasteiger partial charge in [0, 0.05) is 18.5 Å². The molecule has 0 saturated heterocycles. The van der Waals surface area contributed by atoms with Gasteiger partial charge in [-0.15, -0.1) is 0 Å². The van der Waals surface area contributed by atoms with Crippen molar-refractivity contribution in [3.8, 4) is 0 Å². The SMILES string of the molecule is CC(CCc1ccco1)NC1CCCC(C(=O)O)C1. The van der Waals surface area contributed by atoms with E-state index in [0.29, 0.717) is 12.1 Å². The first-order valence-electron chi connectivity index (χ1n) is 7.16. The average molecular weight is 265 g/mol. The highest BCUT2D eigenvalue weighted by Gasteiger charge is 2.27. The van der Waals surface area contributed by atoms with Crippen molar-refractivity contribution in [2.45, 2.75) is 57.5 Å². The Bertz CT molecular complexity index is 388. The molecule has 1 saturated carbocycles. The molecule has 1 heterocycles. The van der Waals surface area contributed by atoms with Gasteiger partial charge < -0.3 is 14.8 Å². The normalized spacial score (nSPS) is 25.1. The third kappa shape index (κ3) is 4.39. The van der Waals surface area contributed by atoms with Gasteiger partial charge in [-0.25, -0.2) is 0 Å². The molecule has 0 bridgehead atoms. The van der Waals surface area contributed by atoms with Crippen LogP contribution in [0.5, 0.6) is 0 Å². The second kappa shape index (κ2) is 6.75. The smallest absolute Gasteiger partial charge is 0.306 e. The van der Waals surface area contributed by atoms with Crippen LogP contribution in [0.1, 0.15) is 44.8 Å². The number of aryl methyl sites for hydroxylation is 1. The topological polar surface area (TPSA) is 62.5 Å². The largest absolute Gasteiger partial charge is 0.481 e. The van der Waals surface area contributed by atoms with Crippen molar-refractivity contribution in [3.63, 3.8) is 0 Å². The molecule has 106 valence electrons. The van der Waals surface area contributed by atoms with Crippen LogP contribution in [0.15, 0.2) is 22.8 Å². The maximum Gasteiger partial charge on any atom is 0.306 e. The van der Waals surface area contributed by atoms with E-state index in [4.69, 9.17) is 9.52 Å². The number of aliphatic carboxylic acids is 1. The van der Waals surface area contributed by atoms with E-state index >= 15 is 0 Å². The molecule has 3 unspecified atom stereocenters. The van der Waals surface area contributed by atoms with Crippen LogP contribution in [0, 0.1) is 5.92 Å². The van der Waals surface area contributed by atoms with Crippen molar-refractivity contribution in [2.24, 2.45) is 5.92 Å². The number of hydrogen-bond donors (Lipinski definition) is 2. The zero-order valence-corrected chi connectivity index (χ0v) is 11.5. The monoisotopic (exact) mass is 265 g/mol. The molecule has 4 heteroatoms. The van der Waals surface area contributed by atoms with E-state index in [1.807, 2.05) is 12.1 Å². The van der Waals surface area contributed by atoms with E-state index in [0.717, 1.165) is 44.3 Å². The summed E-state index contributed by atoms with van der Waals surface area (Å²) in [5.74, 6) is 0.207. The highest BCUT2D eigenvalue weighted by Crippen LogP contribution is 2.25. The molecule has 0 aromatic carbocycles. The van der Waals surface area contributed by atoms with E-state index in [9.17, 15) is 4.79 Å². The van der Waals surface area contributed by atoms with Gasteiger partial charge in [0.2, 0.25) is 0 Å². The molecule has 1 fully saturated rings. The minimum Gasteiger partial charge on any atom is -0.481 e. The van der Waals surface area contributed by atoms with Gasteiger partial charge in [-0.3, -0.25) is 4.79 Å². The second-order valence-corrected chi connectivity index (χ2v) is 5.58. The molecule has 0 amide bonds. The summed E-state index contributed by atoms with van der Waals surface area (Å²) < 4.78 is 5.32. The minimum atomic E-state index is -0.644. The lowest BCUT2D eigenvalue weighted by atomic mass is 9.85. The summed E-state index contributed by atoms with van der Waals surface area (Å²) in [7, 11) is 0. The minimum absolute atomic E-state index is 0.163. The van der Waals surface area contributed by atoms with E-state index < -0.39 is 5.97 Å². The molecule has 2 rings (SSSR count). The molecule has 1 aliphatic carbocycles. The fraction of sp³-hybridized carbons (Fsp3) is 0.667. The average Bonchev–Trinajstić information content (AvgIpc) is 2.90. The summed E-state index contributed by atoms with van der Waals surface area (Å²) in [4.78, 5) is 11.0. The van der Waals surface area contributed by atoms with Gasteiger partial charge in [0.15, 0.2) is 0 Å². The zero-order chi connectivity index (χ0) is 13.7. The maximum absolute atomic E-state index is 11.0. The molecule has 0 aliphatic heterocycles. The van der Waals surface area contributed by atoms with E-state index in [2.05, 4.69) is 12.2 Å². The van der Waals surface area contributed by atoms with Crippen LogP contribution >= 0.6 is 0 Å². The highest BCUT2D eigenvalue weighted by atomic mass is 16.4. The fourth-order valence-electron chi connectivity index (χ4n) is 2.86. The van der Waals surface area contributed by atoms with Gasteiger partial charge in [0.05, 0.1) is 12.2 Å². The quantitative estimate of drug-likeness (QED) is 0.830. The van der Waals surface area contributed by atoms with Gasteiger partial charge in [0.1, 0.15) is 5.76 Å². The van der Waals surface area contributed by atoms with Gasteiger partial charge in [-0.2, -0.15) is 0 Å². The number of hydrogen-bond acceptors (Lipinski definition) is 3. The van der Waals surface area contributed by atoms with E-state index in [1.165, 1.54) is 0 Å². The summed E-state index contributed by atoms with van der Waals surface area (Å²) >= 11 is 0. The molecule has 1 aromatic heterocycles. The lowest BCUT2D eigenvalue weighted by molar-refractivity contribution is -0.143. The van der Waals surface area contributed by atoms with Crippen molar-refractivity contribution in [1.82, 2.24) is 5.32 Å². The van der Waals surface area contributed by atoms with Gasteiger partial charge in [-0.05, 0) is 44.7 Å². The van der Waals surface area contributed by atoms with Crippen LogP contribution in [0.25, 0.3) is 0 Å². The van der Waals surface area contributed by atoms with Gasteiger partial charge >= 0.3 is 5.97 Å². The highest BCUT2D eigenvalue weighted by molar-refractivity contribution is 5.70. The Balaban J connectivity index is 1.72. The standard InChI is InChI=1S/C15H23NO3/c1-11(7-8-14-6-3-9-19-14)16-13-5-2-4-12(10-13)15(17)18/h3,6,9,11-13,16H,2,4-5,7-8,10H2,1H3,(H,17,18). The molecule has 4 nitrogen and oxygen atoms in total. The molecule has 19 heavy (non-hydrogen) atoms. The van der Waals surface area contributed by atoms with Crippen molar-refractivity contribution in [1.29, 1.82) is 0 Å². The molecule has 0 spiro atoms. The van der Waals surface area contributed by atoms with Gasteiger partial charge in [0.25, 0.3) is 0 Å². The number of rotatable bonds is 6. The number of nitrogens with one attached hydrogen (secondary N) is 1. The Morgan fingerprint density at radius 3 is 3.11 bits per heavy atom. The maximum atomic E-state index is 11.0. The Labute approximate surface area is 114 Å². The van der Waals surface area contributed by atoms with Crippen molar-refractivity contribution >= 4 is 5.97 Å². The predicted molar refractivity (Wildman–Crippen MR) is 73.0 cm³/mol. The van der Waals surface area contributed by atoms with Gasteiger partial charge in [-0.1, -0.05) is 6.42 Å². The Hall–Kier alpha value is -1.29. The summed E-state index contributed by atoms with van der Waals surface area (Å²) in [6.45, 7) is 2.16. The lowest BCUT2D eigenvalue weighted by Gasteiger charge is -2.30. The first-order chi connectivity index (χ1) is 9.15. The van der Waals surface area contributed by atoms with E-state index in [1.54, 1.807) is 6.26 Å².